The minimum absolute atomic E-state index is 0.0248. The third kappa shape index (κ3) is 10.2. The van der Waals surface area contributed by atoms with Gasteiger partial charge >= 0.3 is 12.1 Å². The zero-order chi connectivity index (χ0) is 28.3. The van der Waals surface area contributed by atoms with Gasteiger partial charge in [-0.25, -0.2) is 4.79 Å². The summed E-state index contributed by atoms with van der Waals surface area (Å²) in [6.45, 7) is 5.62. The zero-order valence-electron chi connectivity index (χ0n) is 24.5. The van der Waals surface area contributed by atoms with Crippen LogP contribution in [0, 0.1) is 11.3 Å². The number of carbonyl (C=O) groups is 3. The molecule has 3 rings (SSSR count). The Morgan fingerprint density at radius 1 is 0.974 bits per heavy atom. The Morgan fingerprint density at radius 2 is 1.67 bits per heavy atom. The molecule has 0 aromatic carbocycles. The number of aromatic nitrogens is 1. The van der Waals surface area contributed by atoms with E-state index in [1.165, 1.54) is 29.8 Å². The quantitative estimate of drug-likeness (QED) is 0.246. The molecule has 1 saturated carbocycles. The number of ether oxygens (including phenoxy) is 1. The normalized spacial score (nSPS) is 17.6. The number of aryl methyl sites for hydroxylation is 3. The second-order valence-electron chi connectivity index (χ2n) is 12.8. The van der Waals surface area contributed by atoms with E-state index in [2.05, 4.69) is 17.4 Å². The predicted octanol–water partition coefficient (Wildman–Crippen LogP) is 6.98. The molecular formula is C32H50N2O5. The summed E-state index contributed by atoms with van der Waals surface area (Å²) in [6.07, 6.45) is 15.1. The van der Waals surface area contributed by atoms with Crippen LogP contribution in [-0.4, -0.2) is 40.1 Å². The second-order valence-corrected chi connectivity index (χ2v) is 12.8. The maximum Gasteiger partial charge on any atom is 0.407 e. The highest BCUT2D eigenvalue weighted by Crippen LogP contribution is 2.39. The first kappa shape index (κ1) is 31.1. The SMILES string of the molecule is CC(C)(C)OC(=O)NCC1(C(=O)C[C@@H](CCCCCCCc2ccc3c(n2)CCCC3)C(=O)O)CCCCC1. The van der Waals surface area contributed by atoms with E-state index in [0.29, 0.717) is 19.3 Å². The van der Waals surface area contributed by atoms with Crippen molar-refractivity contribution in [3.63, 3.8) is 0 Å². The number of hydrogen-bond donors (Lipinski definition) is 2. The van der Waals surface area contributed by atoms with Crippen LogP contribution in [0.5, 0.6) is 0 Å². The Balaban J connectivity index is 1.40. The van der Waals surface area contributed by atoms with Crippen LogP contribution >= 0.6 is 0 Å². The van der Waals surface area contributed by atoms with E-state index in [1.807, 2.05) is 0 Å². The Hall–Kier alpha value is -2.44. The van der Waals surface area contributed by atoms with Crippen LogP contribution in [-0.2, 0) is 33.6 Å². The maximum atomic E-state index is 13.5. The van der Waals surface area contributed by atoms with Crippen molar-refractivity contribution >= 4 is 17.8 Å². The topological polar surface area (TPSA) is 106 Å². The number of pyridine rings is 1. The van der Waals surface area contributed by atoms with Gasteiger partial charge in [0.15, 0.2) is 0 Å². The van der Waals surface area contributed by atoms with Crippen LogP contribution in [0.3, 0.4) is 0 Å². The Bertz CT molecular complexity index is 962. The molecule has 1 aromatic heterocycles. The average molecular weight is 543 g/mol. The molecule has 1 amide bonds. The number of nitrogens with one attached hydrogen (secondary N) is 1. The van der Waals surface area contributed by atoms with Gasteiger partial charge in [-0.05, 0) is 90.2 Å². The number of nitrogens with zero attached hydrogens (tertiary/aromatic N) is 1. The number of carboxylic acids is 1. The number of amides is 1. The molecule has 0 saturated heterocycles. The Kier molecular flexibility index (Phi) is 11.8. The van der Waals surface area contributed by atoms with Crippen molar-refractivity contribution in [1.29, 1.82) is 0 Å². The summed E-state index contributed by atoms with van der Waals surface area (Å²) in [7, 11) is 0. The fraction of sp³-hybridized carbons (Fsp3) is 0.750. The number of hydrogen-bond acceptors (Lipinski definition) is 5. The molecule has 39 heavy (non-hydrogen) atoms. The molecule has 0 radical (unpaired) electrons. The molecule has 0 aliphatic heterocycles. The number of Topliss-reactive ketones (excluding diaryl/α,β-unsaturated/α-hetero) is 1. The summed E-state index contributed by atoms with van der Waals surface area (Å²) in [5.74, 6) is -1.59. The van der Waals surface area contributed by atoms with Crippen LogP contribution < -0.4 is 5.32 Å². The molecule has 2 N–H and O–H groups in total. The van der Waals surface area contributed by atoms with Gasteiger partial charge in [0.05, 0.1) is 5.92 Å². The largest absolute Gasteiger partial charge is 0.481 e. The third-order valence-corrected chi connectivity index (χ3v) is 8.37. The van der Waals surface area contributed by atoms with Gasteiger partial charge in [-0.1, -0.05) is 51.0 Å². The average Bonchev–Trinajstić information content (AvgIpc) is 2.90. The highest BCUT2D eigenvalue weighted by atomic mass is 16.6. The molecule has 7 heteroatoms. The minimum atomic E-state index is -0.895. The van der Waals surface area contributed by atoms with Crippen molar-refractivity contribution in [3.8, 4) is 0 Å². The molecule has 2 aliphatic carbocycles. The molecule has 1 aromatic rings. The number of unbranched alkanes of at least 4 members (excludes halogenated alkanes) is 4. The van der Waals surface area contributed by atoms with Crippen LogP contribution in [0.15, 0.2) is 12.1 Å². The van der Waals surface area contributed by atoms with Crippen molar-refractivity contribution < 1.29 is 24.2 Å². The number of alkyl carbamates (subject to hydrolysis) is 1. The van der Waals surface area contributed by atoms with Gasteiger partial charge in [0, 0.05) is 29.8 Å². The first-order valence-electron chi connectivity index (χ1n) is 15.3. The minimum Gasteiger partial charge on any atom is -0.481 e. The predicted molar refractivity (Wildman–Crippen MR) is 153 cm³/mol. The van der Waals surface area contributed by atoms with Gasteiger partial charge in [-0.2, -0.15) is 0 Å². The second kappa shape index (κ2) is 14.8. The van der Waals surface area contributed by atoms with E-state index < -0.39 is 29.0 Å². The van der Waals surface area contributed by atoms with E-state index in [9.17, 15) is 19.5 Å². The van der Waals surface area contributed by atoms with Crippen molar-refractivity contribution in [3.05, 3.63) is 29.1 Å². The fourth-order valence-corrected chi connectivity index (χ4v) is 6.09. The summed E-state index contributed by atoms with van der Waals surface area (Å²) < 4.78 is 5.35. The molecule has 7 nitrogen and oxygen atoms in total. The number of carbonyl (C=O) groups excluding carboxylic acids is 2. The van der Waals surface area contributed by atoms with E-state index in [1.54, 1.807) is 20.8 Å². The molecular weight excluding hydrogens is 492 g/mol. The Labute approximate surface area is 234 Å². The summed E-state index contributed by atoms with van der Waals surface area (Å²) in [6, 6.07) is 4.44. The molecule has 1 atom stereocenters. The first-order chi connectivity index (χ1) is 18.6. The van der Waals surface area contributed by atoms with Crippen LogP contribution in [0.25, 0.3) is 0 Å². The molecule has 1 fully saturated rings. The summed E-state index contributed by atoms with van der Waals surface area (Å²) in [5.41, 5.74) is 2.61. The van der Waals surface area contributed by atoms with E-state index in [-0.39, 0.29) is 18.7 Å². The Morgan fingerprint density at radius 3 is 2.38 bits per heavy atom. The lowest BCUT2D eigenvalue weighted by Crippen LogP contribution is -2.46. The molecule has 0 bridgehead atoms. The molecule has 218 valence electrons. The zero-order valence-corrected chi connectivity index (χ0v) is 24.5. The van der Waals surface area contributed by atoms with E-state index in [4.69, 9.17) is 9.72 Å². The number of ketones is 1. The maximum absolute atomic E-state index is 13.5. The smallest absolute Gasteiger partial charge is 0.407 e. The van der Waals surface area contributed by atoms with Gasteiger partial charge < -0.3 is 15.2 Å². The number of rotatable bonds is 14. The monoisotopic (exact) mass is 542 g/mol. The van der Waals surface area contributed by atoms with Gasteiger partial charge in [-0.15, -0.1) is 0 Å². The molecule has 1 heterocycles. The van der Waals surface area contributed by atoms with Crippen LogP contribution in [0.1, 0.15) is 128 Å². The standard InChI is InChI=1S/C32H50N2O5/c1-31(2,3)39-30(38)33-23-32(20-12-7-13-21-32)28(35)22-25(29(36)37)15-8-5-4-6-9-16-26-19-18-24-14-10-11-17-27(24)34-26/h18-19,25H,4-17,20-23H2,1-3H3,(H,33,38)(H,36,37)/t25-/m1/s1. The van der Waals surface area contributed by atoms with E-state index in [0.717, 1.165) is 70.6 Å². The lowest BCUT2D eigenvalue weighted by atomic mass is 9.69. The lowest BCUT2D eigenvalue weighted by molar-refractivity contribution is -0.146. The van der Waals surface area contributed by atoms with Crippen molar-refractivity contribution in [1.82, 2.24) is 10.3 Å². The summed E-state index contributed by atoms with van der Waals surface area (Å²) in [4.78, 5) is 42.6. The van der Waals surface area contributed by atoms with Gasteiger partial charge in [0.2, 0.25) is 0 Å². The van der Waals surface area contributed by atoms with Crippen molar-refractivity contribution in [2.24, 2.45) is 11.3 Å². The van der Waals surface area contributed by atoms with Crippen molar-refractivity contribution in [2.45, 2.75) is 136 Å². The van der Waals surface area contributed by atoms with Gasteiger partial charge in [0.25, 0.3) is 0 Å². The van der Waals surface area contributed by atoms with Crippen LogP contribution in [0.4, 0.5) is 4.79 Å². The molecule has 0 spiro atoms. The van der Waals surface area contributed by atoms with Gasteiger partial charge in [-0.3, -0.25) is 14.6 Å². The summed E-state index contributed by atoms with van der Waals surface area (Å²) >= 11 is 0. The first-order valence-corrected chi connectivity index (χ1v) is 15.3. The fourth-order valence-electron chi connectivity index (χ4n) is 6.09. The third-order valence-electron chi connectivity index (χ3n) is 8.37. The van der Waals surface area contributed by atoms with Crippen molar-refractivity contribution in [2.75, 3.05) is 6.54 Å². The molecule has 0 unspecified atom stereocenters. The van der Waals surface area contributed by atoms with E-state index >= 15 is 0 Å². The lowest BCUT2D eigenvalue weighted by Gasteiger charge is -2.37. The molecule has 2 aliphatic rings. The van der Waals surface area contributed by atoms with Crippen LogP contribution in [0.2, 0.25) is 0 Å². The number of aliphatic carboxylic acids is 1. The highest BCUT2D eigenvalue weighted by Gasteiger charge is 2.41. The highest BCUT2D eigenvalue weighted by molar-refractivity contribution is 5.89. The summed E-state index contributed by atoms with van der Waals surface area (Å²) in [5, 5.41) is 12.7. The number of carboxylic acid groups (broad SMARTS) is 1. The number of fused-ring (bicyclic) bond motifs is 1. The van der Waals surface area contributed by atoms with Gasteiger partial charge in [0.1, 0.15) is 11.4 Å².